The fourth-order valence-corrected chi connectivity index (χ4v) is 2.03. The van der Waals surface area contributed by atoms with Crippen molar-refractivity contribution < 1.29 is 13.2 Å². The van der Waals surface area contributed by atoms with Crippen LogP contribution in [0.1, 0.15) is 23.6 Å². The molecule has 1 heterocycles. The van der Waals surface area contributed by atoms with Crippen molar-refractivity contribution in [1.82, 2.24) is 9.78 Å². The Labute approximate surface area is 113 Å². The normalized spacial score (nSPS) is 11.8. The zero-order valence-corrected chi connectivity index (χ0v) is 11.0. The molecule has 0 saturated heterocycles. The van der Waals surface area contributed by atoms with Crippen LogP contribution in [0, 0.1) is 0 Å². The lowest BCUT2D eigenvalue weighted by molar-refractivity contribution is -0.137. The van der Waals surface area contributed by atoms with Crippen molar-refractivity contribution in [2.24, 2.45) is 0 Å². The first kappa shape index (κ1) is 13.9. The summed E-state index contributed by atoms with van der Waals surface area (Å²) in [6.07, 6.45) is -0.547. The highest BCUT2D eigenvalue weighted by atomic mass is 35.5. The number of halogens is 4. The molecule has 2 rings (SSSR count). The maximum atomic E-state index is 12.7. The smallest absolute Gasteiger partial charge is 0.273 e. The van der Waals surface area contributed by atoms with Gasteiger partial charge in [-0.3, -0.25) is 4.68 Å². The number of nitrogens with zero attached hydrogens (tertiary/aromatic N) is 2. The summed E-state index contributed by atoms with van der Waals surface area (Å²) in [7, 11) is 0. The minimum Gasteiger partial charge on any atom is -0.273 e. The molecule has 0 amide bonds. The first-order chi connectivity index (χ1) is 8.90. The molecule has 19 heavy (non-hydrogen) atoms. The van der Waals surface area contributed by atoms with Crippen molar-refractivity contribution in [2.75, 3.05) is 0 Å². The van der Waals surface area contributed by atoms with E-state index in [1.807, 2.05) is 13.1 Å². The van der Waals surface area contributed by atoms with Gasteiger partial charge in [-0.05, 0) is 30.2 Å². The standard InChI is InChI=1S/C13H12ClF3N2/c1-2-19-8-10(7-18-19)5-9-3-4-12(14)11(6-9)13(15,16)17/h3-4,6-8H,2,5H2,1H3. The van der Waals surface area contributed by atoms with Crippen LogP contribution in [-0.4, -0.2) is 9.78 Å². The van der Waals surface area contributed by atoms with Crippen LogP contribution in [0.4, 0.5) is 13.2 Å². The molecule has 0 aliphatic rings. The summed E-state index contributed by atoms with van der Waals surface area (Å²) in [6, 6.07) is 3.97. The summed E-state index contributed by atoms with van der Waals surface area (Å²) in [5.74, 6) is 0. The van der Waals surface area contributed by atoms with Crippen LogP contribution < -0.4 is 0 Å². The average molecular weight is 289 g/mol. The molecule has 0 unspecified atom stereocenters. The van der Waals surface area contributed by atoms with Crippen LogP contribution in [0.3, 0.4) is 0 Å². The highest BCUT2D eigenvalue weighted by Crippen LogP contribution is 2.35. The van der Waals surface area contributed by atoms with Gasteiger partial charge in [-0.2, -0.15) is 18.3 Å². The molecule has 0 bridgehead atoms. The Morgan fingerprint density at radius 2 is 2.00 bits per heavy atom. The number of hydrogen-bond donors (Lipinski definition) is 0. The highest BCUT2D eigenvalue weighted by Gasteiger charge is 2.33. The molecule has 0 aliphatic carbocycles. The Kier molecular flexibility index (Phi) is 3.85. The topological polar surface area (TPSA) is 17.8 Å². The van der Waals surface area contributed by atoms with Crippen molar-refractivity contribution in [3.63, 3.8) is 0 Å². The van der Waals surface area contributed by atoms with E-state index < -0.39 is 11.7 Å². The first-order valence-corrected chi connectivity index (χ1v) is 6.15. The molecular formula is C13H12ClF3N2. The maximum absolute atomic E-state index is 12.7. The Balaban J connectivity index is 2.26. The number of aryl methyl sites for hydroxylation is 1. The SMILES string of the molecule is CCn1cc(Cc2ccc(Cl)c(C(F)(F)F)c2)cn1. The summed E-state index contributed by atoms with van der Waals surface area (Å²) in [5, 5.41) is 3.81. The second-order valence-corrected chi connectivity index (χ2v) is 4.60. The van der Waals surface area contributed by atoms with Gasteiger partial charge in [-0.15, -0.1) is 0 Å². The van der Waals surface area contributed by atoms with Crippen LogP contribution >= 0.6 is 11.6 Å². The third-order valence-corrected chi connectivity index (χ3v) is 3.08. The van der Waals surface area contributed by atoms with Crippen molar-refractivity contribution in [3.05, 3.63) is 52.3 Å². The molecule has 1 aromatic carbocycles. The van der Waals surface area contributed by atoms with Crippen LogP contribution in [0.2, 0.25) is 5.02 Å². The van der Waals surface area contributed by atoms with Gasteiger partial charge < -0.3 is 0 Å². The van der Waals surface area contributed by atoms with Crippen molar-refractivity contribution >= 4 is 11.6 Å². The molecule has 0 saturated carbocycles. The van der Waals surface area contributed by atoms with Gasteiger partial charge in [0.2, 0.25) is 0 Å². The third-order valence-electron chi connectivity index (χ3n) is 2.76. The second-order valence-electron chi connectivity index (χ2n) is 4.19. The van der Waals surface area contributed by atoms with Crippen molar-refractivity contribution in [2.45, 2.75) is 26.1 Å². The molecule has 0 fully saturated rings. The predicted octanol–water partition coefficient (Wildman–Crippen LogP) is 4.17. The van der Waals surface area contributed by atoms with E-state index in [0.717, 1.165) is 18.2 Å². The third kappa shape index (κ3) is 3.29. The Bertz CT molecular complexity index is 576. The fourth-order valence-electron chi connectivity index (χ4n) is 1.81. The van der Waals surface area contributed by atoms with Gasteiger partial charge in [0.05, 0.1) is 16.8 Å². The maximum Gasteiger partial charge on any atom is 0.417 e. The van der Waals surface area contributed by atoms with Crippen LogP contribution in [0.15, 0.2) is 30.6 Å². The van der Waals surface area contributed by atoms with E-state index >= 15 is 0 Å². The van der Waals surface area contributed by atoms with Gasteiger partial charge in [0.25, 0.3) is 0 Å². The van der Waals surface area contributed by atoms with E-state index in [-0.39, 0.29) is 5.02 Å². The highest BCUT2D eigenvalue weighted by molar-refractivity contribution is 6.31. The van der Waals surface area contributed by atoms with Crippen LogP contribution in [0.5, 0.6) is 0 Å². The van der Waals surface area contributed by atoms with E-state index in [0.29, 0.717) is 12.0 Å². The molecule has 2 aromatic rings. The zero-order chi connectivity index (χ0) is 14.0. The summed E-state index contributed by atoms with van der Waals surface area (Å²) >= 11 is 5.57. The number of benzene rings is 1. The Hall–Kier alpha value is -1.49. The van der Waals surface area contributed by atoms with Gasteiger partial charge >= 0.3 is 6.18 Å². The van der Waals surface area contributed by atoms with Crippen LogP contribution in [0.25, 0.3) is 0 Å². The minimum absolute atomic E-state index is 0.277. The number of alkyl halides is 3. The van der Waals surface area contributed by atoms with E-state index in [2.05, 4.69) is 5.10 Å². The summed E-state index contributed by atoms with van der Waals surface area (Å²) < 4.78 is 39.9. The van der Waals surface area contributed by atoms with Gasteiger partial charge in [-0.1, -0.05) is 17.7 Å². The molecule has 1 aromatic heterocycles. The van der Waals surface area contributed by atoms with Crippen molar-refractivity contribution in [3.8, 4) is 0 Å². The largest absolute Gasteiger partial charge is 0.417 e. The number of aromatic nitrogens is 2. The number of rotatable bonds is 3. The lowest BCUT2D eigenvalue weighted by Gasteiger charge is -2.10. The molecule has 102 valence electrons. The van der Waals surface area contributed by atoms with E-state index in [1.54, 1.807) is 16.9 Å². The lowest BCUT2D eigenvalue weighted by atomic mass is 10.0. The summed E-state index contributed by atoms with van der Waals surface area (Å²) in [5.41, 5.74) is 0.638. The van der Waals surface area contributed by atoms with E-state index in [1.165, 1.54) is 6.07 Å². The fraction of sp³-hybridized carbons (Fsp3) is 0.308. The second kappa shape index (κ2) is 5.25. The number of hydrogen-bond acceptors (Lipinski definition) is 1. The van der Waals surface area contributed by atoms with E-state index in [4.69, 9.17) is 11.6 Å². The molecule has 2 nitrogen and oxygen atoms in total. The molecule has 0 N–H and O–H groups in total. The zero-order valence-electron chi connectivity index (χ0n) is 10.2. The average Bonchev–Trinajstić information content (AvgIpc) is 2.78. The van der Waals surface area contributed by atoms with E-state index in [9.17, 15) is 13.2 Å². The molecule has 6 heteroatoms. The molecule has 0 atom stereocenters. The molecule has 0 spiro atoms. The van der Waals surface area contributed by atoms with Gasteiger partial charge in [-0.25, -0.2) is 0 Å². The monoisotopic (exact) mass is 288 g/mol. The lowest BCUT2D eigenvalue weighted by Crippen LogP contribution is -2.06. The van der Waals surface area contributed by atoms with Gasteiger partial charge in [0.1, 0.15) is 0 Å². The quantitative estimate of drug-likeness (QED) is 0.829. The first-order valence-electron chi connectivity index (χ1n) is 5.77. The van der Waals surface area contributed by atoms with Crippen LogP contribution in [-0.2, 0) is 19.1 Å². The Morgan fingerprint density at radius 3 is 2.58 bits per heavy atom. The van der Waals surface area contributed by atoms with Gasteiger partial charge in [0, 0.05) is 19.2 Å². The summed E-state index contributed by atoms with van der Waals surface area (Å²) in [6.45, 7) is 2.68. The molecular weight excluding hydrogens is 277 g/mol. The molecule has 0 radical (unpaired) electrons. The molecule has 0 aliphatic heterocycles. The van der Waals surface area contributed by atoms with Crippen molar-refractivity contribution in [1.29, 1.82) is 0 Å². The minimum atomic E-state index is -4.43. The predicted molar refractivity (Wildman–Crippen MR) is 67.2 cm³/mol. The van der Waals surface area contributed by atoms with Gasteiger partial charge in [0.15, 0.2) is 0 Å². The Morgan fingerprint density at radius 1 is 1.26 bits per heavy atom. The summed E-state index contributed by atoms with van der Waals surface area (Å²) in [4.78, 5) is 0.